The van der Waals surface area contributed by atoms with Crippen LogP contribution in [0.15, 0.2) is 73.2 Å². The lowest BCUT2D eigenvalue weighted by Crippen LogP contribution is -2.22. The first-order valence-corrected chi connectivity index (χ1v) is 11.6. The van der Waals surface area contributed by atoms with Crippen molar-refractivity contribution in [1.29, 1.82) is 0 Å². The smallest absolute Gasteiger partial charge is 0.303 e. The van der Waals surface area contributed by atoms with Crippen LogP contribution in [0.5, 0.6) is 0 Å². The first-order chi connectivity index (χ1) is 17.5. The number of aromatic amines is 1. The minimum absolute atomic E-state index is 0.245. The zero-order valence-electron chi connectivity index (χ0n) is 20.4. The topological polar surface area (TPSA) is 96.9 Å². The van der Waals surface area contributed by atoms with Crippen LogP contribution in [0.1, 0.15) is 18.2 Å². The highest BCUT2D eigenvalue weighted by molar-refractivity contribution is 5.92. The maximum atomic E-state index is 11.1. The van der Waals surface area contributed by atoms with Gasteiger partial charge in [0.2, 0.25) is 0 Å². The summed E-state index contributed by atoms with van der Waals surface area (Å²) in [5.74, 6) is 0.271. The summed E-state index contributed by atoms with van der Waals surface area (Å²) < 4.78 is 5.09. The molecule has 8 nitrogen and oxygen atoms in total. The van der Waals surface area contributed by atoms with Crippen molar-refractivity contribution in [3.63, 3.8) is 0 Å². The van der Waals surface area contributed by atoms with Gasteiger partial charge in [-0.25, -0.2) is 15.0 Å². The molecule has 0 amide bonds. The standard InChI is InChI=1S/C28H26N6O2/c1-18-6-4-9-25(31-18)28-32-26(24-10-11-30-27(24)33-28)23-13-22(14-29-15-23)21-8-5-7-20(12-21)16-34(3)17-36-19(2)35/h4-15H,16-17H2,1-3H3,(H,30,32,33). The lowest BCUT2D eigenvalue weighted by atomic mass is 10.0. The Labute approximate surface area is 209 Å². The predicted molar refractivity (Wildman–Crippen MR) is 139 cm³/mol. The molecule has 180 valence electrons. The number of rotatable bonds is 7. The summed E-state index contributed by atoms with van der Waals surface area (Å²) in [7, 11) is 1.91. The van der Waals surface area contributed by atoms with Crippen molar-refractivity contribution in [2.45, 2.75) is 20.4 Å². The Morgan fingerprint density at radius 1 is 0.972 bits per heavy atom. The van der Waals surface area contributed by atoms with Gasteiger partial charge in [0.25, 0.3) is 0 Å². The number of esters is 1. The third-order valence-electron chi connectivity index (χ3n) is 5.75. The van der Waals surface area contributed by atoms with E-state index in [4.69, 9.17) is 14.7 Å². The minimum atomic E-state index is -0.291. The van der Waals surface area contributed by atoms with Crippen LogP contribution in [0.3, 0.4) is 0 Å². The second-order valence-corrected chi connectivity index (χ2v) is 8.74. The lowest BCUT2D eigenvalue weighted by Gasteiger charge is -2.16. The summed E-state index contributed by atoms with van der Waals surface area (Å²) in [4.78, 5) is 35.0. The van der Waals surface area contributed by atoms with E-state index in [2.05, 4.69) is 39.2 Å². The number of fused-ring (bicyclic) bond motifs is 1. The molecule has 0 bridgehead atoms. The number of aromatic nitrogens is 5. The number of hydrogen-bond acceptors (Lipinski definition) is 7. The number of carbonyl (C=O) groups is 1. The average molecular weight is 479 g/mol. The molecule has 1 N–H and O–H groups in total. The number of hydrogen-bond donors (Lipinski definition) is 1. The lowest BCUT2D eigenvalue weighted by molar-refractivity contribution is -0.145. The van der Waals surface area contributed by atoms with Gasteiger partial charge in [-0.2, -0.15) is 0 Å². The van der Waals surface area contributed by atoms with Crippen molar-refractivity contribution in [3.05, 3.63) is 84.4 Å². The number of H-pyrrole nitrogens is 1. The van der Waals surface area contributed by atoms with E-state index in [9.17, 15) is 4.79 Å². The van der Waals surface area contributed by atoms with Crippen molar-refractivity contribution >= 4 is 17.0 Å². The SMILES string of the molecule is CC(=O)OCN(C)Cc1cccc(-c2cncc(-c3nc(-c4cccc(C)n4)nc4[nH]ccc34)c2)c1. The summed E-state index contributed by atoms with van der Waals surface area (Å²) >= 11 is 0. The van der Waals surface area contributed by atoms with Crippen LogP contribution in [0, 0.1) is 6.92 Å². The van der Waals surface area contributed by atoms with Crippen molar-refractivity contribution in [3.8, 4) is 33.9 Å². The van der Waals surface area contributed by atoms with Crippen LogP contribution >= 0.6 is 0 Å². The van der Waals surface area contributed by atoms with E-state index in [-0.39, 0.29) is 12.7 Å². The Kier molecular flexibility index (Phi) is 6.51. The molecular weight excluding hydrogens is 452 g/mol. The Balaban J connectivity index is 1.49. The molecule has 4 aromatic heterocycles. The van der Waals surface area contributed by atoms with E-state index in [1.165, 1.54) is 6.92 Å². The fourth-order valence-corrected chi connectivity index (χ4v) is 4.08. The van der Waals surface area contributed by atoms with Crippen LogP contribution in [-0.4, -0.2) is 49.6 Å². The molecule has 8 heteroatoms. The Bertz CT molecular complexity index is 1540. The van der Waals surface area contributed by atoms with Gasteiger partial charge in [0.15, 0.2) is 5.82 Å². The number of carbonyl (C=O) groups excluding carboxylic acids is 1. The van der Waals surface area contributed by atoms with Gasteiger partial charge in [-0.15, -0.1) is 0 Å². The highest BCUT2D eigenvalue weighted by Gasteiger charge is 2.14. The molecule has 5 rings (SSSR count). The molecular formula is C28H26N6O2. The third kappa shape index (κ3) is 5.13. The second kappa shape index (κ2) is 10.1. The maximum absolute atomic E-state index is 11.1. The highest BCUT2D eigenvalue weighted by atomic mass is 16.5. The Hall–Kier alpha value is -4.43. The Morgan fingerprint density at radius 3 is 2.64 bits per heavy atom. The van der Waals surface area contributed by atoms with Gasteiger partial charge in [0.1, 0.15) is 18.1 Å². The maximum Gasteiger partial charge on any atom is 0.303 e. The fraction of sp³-hybridized carbons (Fsp3) is 0.179. The van der Waals surface area contributed by atoms with E-state index in [1.54, 1.807) is 0 Å². The zero-order chi connectivity index (χ0) is 25.1. The average Bonchev–Trinajstić information content (AvgIpc) is 3.36. The van der Waals surface area contributed by atoms with E-state index in [0.29, 0.717) is 12.4 Å². The summed E-state index contributed by atoms with van der Waals surface area (Å²) in [5, 5.41) is 0.922. The number of aryl methyl sites for hydroxylation is 1. The normalized spacial score (nSPS) is 11.2. The fourth-order valence-electron chi connectivity index (χ4n) is 4.08. The second-order valence-electron chi connectivity index (χ2n) is 8.74. The Morgan fingerprint density at radius 2 is 1.81 bits per heavy atom. The van der Waals surface area contributed by atoms with E-state index in [1.807, 2.05) is 67.8 Å². The number of nitrogens with one attached hydrogen (secondary N) is 1. The van der Waals surface area contributed by atoms with Gasteiger partial charge >= 0.3 is 5.97 Å². The molecule has 0 saturated heterocycles. The number of benzene rings is 1. The van der Waals surface area contributed by atoms with Crippen LogP contribution in [0.4, 0.5) is 0 Å². The summed E-state index contributed by atoms with van der Waals surface area (Å²) in [6.45, 7) is 4.26. The van der Waals surface area contributed by atoms with Crippen LogP contribution in [0.2, 0.25) is 0 Å². The largest absolute Gasteiger partial charge is 0.450 e. The van der Waals surface area contributed by atoms with Crippen molar-refractivity contribution in [2.24, 2.45) is 0 Å². The van der Waals surface area contributed by atoms with Gasteiger partial charge in [-0.1, -0.05) is 24.3 Å². The van der Waals surface area contributed by atoms with Crippen LogP contribution < -0.4 is 0 Å². The first kappa shape index (κ1) is 23.3. The van der Waals surface area contributed by atoms with Gasteiger partial charge in [0, 0.05) is 54.3 Å². The van der Waals surface area contributed by atoms with Gasteiger partial charge in [-0.05, 0) is 55.4 Å². The molecule has 0 atom stereocenters. The molecule has 0 aliphatic carbocycles. The van der Waals surface area contributed by atoms with E-state index < -0.39 is 0 Å². The molecule has 4 heterocycles. The molecule has 0 spiro atoms. The molecule has 0 saturated carbocycles. The molecule has 0 radical (unpaired) electrons. The molecule has 0 aliphatic rings. The minimum Gasteiger partial charge on any atom is -0.450 e. The molecule has 0 fully saturated rings. The highest BCUT2D eigenvalue weighted by Crippen LogP contribution is 2.31. The number of pyridine rings is 2. The molecule has 5 aromatic rings. The van der Waals surface area contributed by atoms with Crippen LogP contribution in [-0.2, 0) is 16.1 Å². The van der Waals surface area contributed by atoms with Gasteiger partial charge in [0.05, 0.1) is 5.69 Å². The van der Waals surface area contributed by atoms with E-state index >= 15 is 0 Å². The van der Waals surface area contributed by atoms with Crippen molar-refractivity contribution < 1.29 is 9.53 Å². The third-order valence-corrected chi connectivity index (χ3v) is 5.75. The summed E-state index contributed by atoms with van der Waals surface area (Å²) in [6.07, 6.45) is 5.54. The van der Waals surface area contributed by atoms with Gasteiger partial charge in [-0.3, -0.25) is 14.7 Å². The summed E-state index contributed by atoms with van der Waals surface area (Å²) in [6, 6.07) is 18.2. The zero-order valence-corrected chi connectivity index (χ0v) is 20.4. The predicted octanol–water partition coefficient (Wildman–Crippen LogP) is 5.01. The molecule has 36 heavy (non-hydrogen) atoms. The monoisotopic (exact) mass is 478 g/mol. The quantitative estimate of drug-likeness (QED) is 0.259. The number of nitrogens with zero attached hydrogens (tertiary/aromatic N) is 5. The van der Waals surface area contributed by atoms with Crippen molar-refractivity contribution in [2.75, 3.05) is 13.8 Å². The molecule has 0 unspecified atom stereocenters. The molecule has 0 aliphatic heterocycles. The molecule has 1 aromatic carbocycles. The first-order valence-electron chi connectivity index (χ1n) is 11.6. The van der Waals surface area contributed by atoms with Crippen molar-refractivity contribution in [1.82, 2.24) is 29.8 Å². The number of ether oxygens (including phenoxy) is 1. The van der Waals surface area contributed by atoms with Crippen LogP contribution in [0.25, 0.3) is 44.9 Å². The van der Waals surface area contributed by atoms with Gasteiger partial charge < -0.3 is 9.72 Å². The van der Waals surface area contributed by atoms with E-state index in [0.717, 1.165) is 50.4 Å². The summed E-state index contributed by atoms with van der Waals surface area (Å²) in [5.41, 5.74) is 7.21.